The van der Waals surface area contributed by atoms with E-state index in [1.54, 1.807) is 4.90 Å². The van der Waals surface area contributed by atoms with Crippen LogP contribution in [0.3, 0.4) is 0 Å². The van der Waals surface area contributed by atoms with Crippen molar-refractivity contribution in [2.75, 3.05) is 13.2 Å². The number of hydrogen-bond acceptors (Lipinski definition) is 5. The number of thiophene rings is 1. The number of carbonyl (C=O) groups is 1. The lowest BCUT2D eigenvalue weighted by Gasteiger charge is -2.38. The van der Waals surface area contributed by atoms with E-state index in [-0.39, 0.29) is 23.1 Å². The number of hydrogen-bond donors (Lipinski definition) is 0. The van der Waals surface area contributed by atoms with Crippen molar-refractivity contribution < 1.29 is 14.5 Å². The van der Waals surface area contributed by atoms with Crippen LogP contribution in [-0.2, 0) is 4.74 Å². The van der Waals surface area contributed by atoms with Gasteiger partial charge < -0.3 is 9.64 Å². The summed E-state index contributed by atoms with van der Waals surface area (Å²) in [5, 5.41) is 10.8. The Hall–Kier alpha value is -2.25. The largest absolute Gasteiger partial charge is 0.374 e. The molecule has 0 radical (unpaired) electrons. The van der Waals surface area contributed by atoms with Gasteiger partial charge in [-0.1, -0.05) is 41.7 Å². The van der Waals surface area contributed by atoms with Gasteiger partial charge in [0.2, 0.25) is 0 Å². The SMILES string of the molecule is C[C@@H]1CN(C(=O)c2ccc([N+](=O)[O-])s2)[C@H](c2ccccc2)CO1. The maximum Gasteiger partial charge on any atom is 0.324 e. The molecule has 0 spiro atoms. The fourth-order valence-electron chi connectivity index (χ4n) is 2.66. The summed E-state index contributed by atoms with van der Waals surface area (Å²) >= 11 is 0.910. The van der Waals surface area contributed by atoms with E-state index >= 15 is 0 Å². The Balaban J connectivity index is 1.89. The monoisotopic (exact) mass is 332 g/mol. The number of morpholine rings is 1. The summed E-state index contributed by atoms with van der Waals surface area (Å²) in [6.07, 6.45) is -0.0612. The summed E-state index contributed by atoms with van der Waals surface area (Å²) in [5.41, 5.74) is 0.999. The molecule has 120 valence electrons. The van der Waals surface area contributed by atoms with E-state index in [4.69, 9.17) is 4.74 Å². The molecule has 0 bridgehead atoms. The lowest BCUT2D eigenvalue weighted by Crippen LogP contribution is -2.46. The van der Waals surface area contributed by atoms with Gasteiger partial charge in [0.05, 0.1) is 28.6 Å². The van der Waals surface area contributed by atoms with Crippen LogP contribution in [0, 0.1) is 10.1 Å². The topological polar surface area (TPSA) is 72.7 Å². The quantitative estimate of drug-likeness (QED) is 0.639. The van der Waals surface area contributed by atoms with Crippen LogP contribution < -0.4 is 0 Å². The second-order valence-corrected chi connectivity index (χ2v) is 6.49. The summed E-state index contributed by atoms with van der Waals surface area (Å²) < 4.78 is 5.71. The third-order valence-electron chi connectivity index (χ3n) is 3.80. The van der Waals surface area contributed by atoms with Crippen molar-refractivity contribution in [2.24, 2.45) is 0 Å². The molecule has 0 unspecified atom stereocenters. The molecule has 2 heterocycles. The predicted octanol–water partition coefficient (Wildman–Crippen LogP) is 3.26. The minimum atomic E-state index is -0.474. The van der Waals surface area contributed by atoms with Gasteiger partial charge in [0.15, 0.2) is 0 Å². The van der Waals surface area contributed by atoms with Gasteiger partial charge in [-0.2, -0.15) is 0 Å². The average molecular weight is 332 g/mol. The molecular formula is C16H16N2O4S. The van der Waals surface area contributed by atoms with E-state index in [1.807, 2.05) is 37.3 Å². The molecule has 1 aromatic heterocycles. The normalized spacial score (nSPS) is 21.2. The van der Waals surface area contributed by atoms with Gasteiger partial charge in [-0.3, -0.25) is 14.9 Å². The van der Waals surface area contributed by atoms with E-state index in [1.165, 1.54) is 12.1 Å². The highest BCUT2D eigenvalue weighted by Crippen LogP contribution is 2.31. The van der Waals surface area contributed by atoms with Crippen molar-refractivity contribution in [1.82, 2.24) is 4.90 Å². The molecule has 23 heavy (non-hydrogen) atoms. The number of ether oxygens (including phenoxy) is 1. The molecule has 0 N–H and O–H groups in total. The lowest BCUT2D eigenvalue weighted by molar-refractivity contribution is -0.380. The van der Waals surface area contributed by atoms with Gasteiger partial charge in [0, 0.05) is 12.6 Å². The van der Waals surface area contributed by atoms with Gasteiger partial charge >= 0.3 is 5.00 Å². The van der Waals surface area contributed by atoms with Crippen LogP contribution in [0.5, 0.6) is 0 Å². The van der Waals surface area contributed by atoms with Crippen molar-refractivity contribution in [3.8, 4) is 0 Å². The molecule has 1 fully saturated rings. The maximum absolute atomic E-state index is 12.8. The zero-order valence-electron chi connectivity index (χ0n) is 12.5. The lowest BCUT2D eigenvalue weighted by atomic mass is 10.0. The molecular weight excluding hydrogens is 316 g/mol. The highest BCUT2D eigenvalue weighted by atomic mass is 32.1. The Morgan fingerprint density at radius 1 is 1.30 bits per heavy atom. The van der Waals surface area contributed by atoms with Crippen molar-refractivity contribution in [1.29, 1.82) is 0 Å². The van der Waals surface area contributed by atoms with E-state index in [2.05, 4.69) is 0 Å². The second-order valence-electron chi connectivity index (χ2n) is 5.42. The van der Waals surface area contributed by atoms with Crippen LogP contribution in [0.15, 0.2) is 42.5 Å². The van der Waals surface area contributed by atoms with Gasteiger partial charge in [-0.25, -0.2) is 0 Å². The van der Waals surface area contributed by atoms with E-state index in [9.17, 15) is 14.9 Å². The first-order valence-electron chi connectivity index (χ1n) is 7.28. The molecule has 1 saturated heterocycles. The molecule has 1 aliphatic heterocycles. The average Bonchev–Trinajstić information content (AvgIpc) is 3.05. The molecule has 2 aromatic rings. The van der Waals surface area contributed by atoms with Crippen LogP contribution in [0.1, 0.15) is 28.2 Å². The van der Waals surface area contributed by atoms with E-state index < -0.39 is 4.92 Å². The van der Waals surface area contributed by atoms with Gasteiger partial charge in [-0.05, 0) is 18.6 Å². The Morgan fingerprint density at radius 2 is 2.04 bits per heavy atom. The maximum atomic E-state index is 12.8. The zero-order valence-corrected chi connectivity index (χ0v) is 13.4. The molecule has 1 amide bonds. The Labute approximate surface area is 137 Å². The number of amides is 1. The number of nitrogens with zero attached hydrogens (tertiary/aromatic N) is 2. The van der Waals surface area contributed by atoms with Crippen molar-refractivity contribution in [3.63, 3.8) is 0 Å². The molecule has 0 saturated carbocycles. The predicted molar refractivity (Wildman–Crippen MR) is 86.6 cm³/mol. The van der Waals surface area contributed by atoms with E-state index in [0.717, 1.165) is 16.9 Å². The number of benzene rings is 1. The second kappa shape index (κ2) is 6.47. The Morgan fingerprint density at radius 3 is 2.70 bits per heavy atom. The number of carbonyl (C=O) groups excluding carboxylic acids is 1. The summed E-state index contributed by atoms with van der Waals surface area (Å²) in [4.78, 5) is 25.3. The van der Waals surface area contributed by atoms with Crippen LogP contribution >= 0.6 is 11.3 Å². The minimum absolute atomic E-state index is 0.0223. The van der Waals surface area contributed by atoms with Crippen molar-refractivity contribution >= 4 is 22.2 Å². The smallest absolute Gasteiger partial charge is 0.324 e. The van der Waals surface area contributed by atoms with Crippen molar-refractivity contribution in [2.45, 2.75) is 19.1 Å². The Kier molecular flexibility index (Phi) is 4.40. The molecule has 0 aliphatic carbocycles. The van der Waals surface area contributed by atoms with E-state index in [0.29, 0.717) is 18.0 Å². The first kappa shape index (κ1) is 15.6. The third kappa shape index (κ3) is 3.25. The Bertz CT molecular complexity index is 716. The van der Waals surface area contributed by atoms with Gasteiger partial charge in [0.25, 0.3) is 5.91 Å². The minimum Gasteiger partial charge on any atom is -0.374 e. The van der Waals surface area contributed by atoms with Crippen LogP contribution in [0.4, 0.5) is 5.00 Å². The molecule has 2 atom stereocenters. The first-order chi connectivity index (χ1) is 11.1. The summed E-state index contributed by atoms with van der Waals surface area (Å²) in [7, 11) is 0. The zero-order chi connectivity index (χ0) is 16.4. The molecule has 1 aliphatic rings. The standard InChI is InChI=1S/C16H16N2O4S/c1-11-9-17(13(10-22-11)12-5-3-2-4-6-12)16(19)14-7-8-15(23-14)18(20)21/h2-8,11,13H,9-10H2,1H3/t11-,13+/m1/s1. The van der Waals surface area contributed by atoms with Gasteiger partial charge in [-0.15, -0.1) is 0 Å². The molecule has 6 nitrogen and oxygen atoms in total. The molecule has 7 heteroatoms. The highest BCUT2D eigenvalue weighted by molar-refractivity contribution is 7.17. The summed E-state index contributed by atoms with van der Waals surface area (Å²) in [6.45, 7) is 2.80. The highest BCUT2D eigenvalue weighted by Gasteiger charge is 2.33. The molecule has 3 rings (SSSR count). The van der Waals surface area contributed by atoms with Gasteiger partial charge in [0.1, 0.15) is 0 Å². The fourth-order valence-corrected chi connectivity index (χ4v) is 3.44. The number of nitro groups is 1. The van der Waals surface area contributed by atoms with Crippen LogP contribution in [-0.4, -0.2) is 35.0 Å². The summed E-state index contributed by atoms with van der Waals surface area (Å²) in [6, 6.07) is 12.4. The fraction of sp³-hybridized carbons (Fsp3) is 0.312. The third-order valence-corrected chi connectivity index (χ3v) is 4.82. The first-order valence-corrected chi connectivity index (χ1v) is 8.09. The van der Waals surface area contributed by atoms with Crippen molar-refractivity contribution in [3.05, 3.63) is 63.0 Å². The molecule has 1 aromatic carbocycles. The van der Waals surface area contributed by atoms with Crippen LogP contribution in [0.25, 0.3) is 0 Å². The van der Waals surface area contributed by atoms with Crippen LogP contribution in [0.2, 0.25) is 0 Å². The number of rotatable bonds is 3. The summed E-state index contributed by atoms with van der Waals surface area (Å²) in [5.74, 6) is -0.188.